The summed E-state index contributed by atoms with van der Waals surface area (Å²) in [6, 6.07) is 14.8. The lowest BCUT2D eigenvalue weighted by molar-refractivity contribution is 0.0706. The lowest BCUT2D eigenvalue weighted by atomic mass is 9.88. The summed E-state index contributed by atoms with van der Waals surface area (Å²) >= 11 is 6.90. The van der Waals surface area contributed by atoms with Crippen LogP contribution in [0.15, 0.2) is 77.1 Å². The predicted molar refractivity (Wildman–Crippen MR) is 102 cm³/mol. The highest BCUT2D eigenvalue weighted by atomic mass is 35.5. The van der Waals surface area contributed by atoms with Gasteiger partial charge in [-0.15, -0.1) is 11.6 Å². The summed E-state index contributed by atoms with van der Waals surface area (Å²) in [7, 11) is 0. The number of aliphatic imine (C=N–C) groups is 1. The van der Waals surface area contributed by atoms with Gasteiger partial charge < -0.3 is 5.32 Å². The third kappa shape index (κ3) is 2.92. The number of benzene rings is 2. The maximum absolute atomic E-state index is 11.5. The highest BCUT2D eigenvalue weighted by Crippen LogP contribution is 2.42. The predicted octanol–water partition coefficient (Wildman–Crippen LogP) is 3.96. The molecular formula is C20H16ClN3O2. The zero-order valence-electron chi connectivity index (χ0n) is 13.7. The molecule has 26 heavy (non-hydrogen) atoms. The molecule has 0 saturated heterocycles. The van der Waals surface area contributed by atoms with E-state index in [2.05, 4.69) is 10.3 Å². The molecule has 2 aromatic carbocycles. The van der Waals surface area contributed by atoms with Crippen molar-refractivity contribution in [2.45, 2.75) is 11.3 Å². The number of alkyl halides is 1. The second-order valence-corrected chi connectivity index (χ2v) is 6.90. The van der Waals surface area contributed by atoms with E-state index in [0.717, 1.165) is 28.2 Å². The second kappa shape index (κ2) is 6.44. The first kappa shape index (κ1) is 16.6. The van der Waals surface area contributed by atoms with Gasteiger partial charge in [-0.2, -0.15) is 0 Å². The molecule has 1 heterocycles. The Balaban J connectivity index is 1.63. The van der Waals surface area contributed by atoms with Gasteiger partial charge in [0.05, 0.1) is 10.6 Å². The Morgan fingerprint density at radius 1 is 1.19 bits per heavy atom. The van der Waals surface area contributed by atoms with Gasteiger partial charge in [-0.25, -0.2) is 5.48 Å². The van der Waals surface area contributed by atoms with Crippen molar-refractivity contribution in [1.82, 2.24) is 5.48 Å². The molecule has 1 aliphatic carbocycles. The highest BCUT2D eigenvalue weighted by Gasteiger charge is 2.32. The van der Waals surface area contributed by atoms with Crippen molar-refractivity contribution in [2.24, 2.45) is 4.99 Å². The topological polar surface area (TPSA) is 73.7 Å². The molecule has 0 spiro atoms. The third-order valence-corrected chi connectivity index (χ3v) is 5.04. The third-order valence-electron chi connectivity index (χ3n) is 4.57. The number of para-hydroxylation sites is 1. The average molecular weight is 366 g/mol. The Kier molecular flexibility index (Phi) is 4.11. The van der Waals surface area contributed by atoms with E-state index in [4.69, 9.17) is 16.8 Å². The first-order chi connectivity index (χ1) is 12.6. The van der Waals surface area contributed by atoms with Crippen molar-refractivity contribution >= 4 is 29.4 Å². The van der Waals surface area contributed by atoms with Crippen LogP contribution in [0.1, 0.15) is 27.9 Å². The molecule has 6 heteroatoms. The van der Waals surface area contributed by atoms with Crippen molar-refractivity contribution in [3.8, 4) is 0 Å². The summed E-state index contributed by atoms with van der Waals surface area (Å²) in [5, 5.41) is 12.2. The van der Waals surface area contributed by atoms with Crippen molar-refractivity contribution in [2.75, 3.05) is 5.32 Å². The van der Waals surface area contributed by atoms with Gasteiger partial charge in [-0.05, 0) is 29.8 Å². The molecule has 2 aliphatic rings. The number of allylic oxidation sites excluding steroid dienone is 3. The summed E-state index contributed by atoms with van der Waals surface area (Å²) < 4.78 is 0. The van der Waals surface area contributed by atoms with Gasteiger partial charge in [0.15, 0.2) is 0 Å². The van der Waals surface area contributed by atoms with Gasteiger partial charge in [0.25, 0.3) is 5.91 Å². The first-order valence-electron chi connectivity index (χ1n) is 8.15. The molecule has 1 aliphatic heterocycles. The average Bonchev–Trinajstić information content (AvgIpc) is 2.86. The molecule has 0 aromatic heterocycles. The summed E-state index contributed by atoms with van der Waals surface area (Å²) in [5.74, 6) is -0.555. The maximum Gasteiger partial charge on any atom is 0.274 e. The van der Waals surface area contributed by atoms with Crippen LogP contribution in [0.2, 0.25) is 0 Å². The molecule has 5 nitrogen and oxygen atoms in total. The zero-order chi connectivity index (χ0) is 18.1. The Bertz CT molecular complexity index is 963. The van der Waals surface area contributed by atoms with Gasteiger partial charge in [-0.3, -0.25) is 15.0 Å². The van der Waals surface area contributed by atoms with Gasteiger partial charge >= 0.3 is 0 Å². The van der Waals surface area contributed by atoms with Crippen LogP contribution in [0.25, 0.3) is 0 Å². The lowest BCUT2D eigenvalue weighted by Crippen LogP contribution is -2.23. The number of hydroxylamine groups is 1. The molecule has 1 amide bonds. The van der Waals surface area contributed by atoms with E-state index >= 15 is 0 Å². The molecule has 0 radical (unpaired) electrons. The number of anilines is 1. The van der Waals surface area contributed by atoms with Crippen molar-refractivity contribution in [1.29, 1.82) is 0 Å². The number of amides is 1. The number of nitrogens with zero attached hydrogens (tertiary/aromatic N) is 1. The number of carbonyl (C=O) groups is 1. The van der Waals surface area contributed by atoms with Crippen LogP contribution in [0, 0.1) is 0 Å². The van der Waals surface area contributed by atoms with Crippen LogP contribution in [0.4, 0.5) is 5.69 Å². The van der Waals surface area contributed by atoms with Crippen molar-refractivity contribution < 1.29 is 10.0 Å². The molecular weight excluding hydrogens is 350 g/mol. The number of carbonyl (C=O) groups excluding carboxylic acids is 1. The van der Waals surface area contributed by atoms with Crippen LogP contribution in [-0.2, 0) is 4.87 Å². The van der Waals surface area contributed by atoms with Gasteiger partial charge in [0.2, 0.25) is 0 Å². The minimum absolute atomic E-state index is 0.363. The molecule has 1 atom stereocenters. The normalized spacial score (nSPS) is 20.7. The van der Waals surface area contributed by atoms with Crippen molar-refractivity contribution in [3.05, 3.63) is 88.8 Å². The van der Waals surface area contributed by atoms with Crippen LogP contribution in [-0.4, -0.2) is 17.3 Å². The monoisotopic (exact) mass is 365 g/mol. The number of fused-ring (bicyclic) bond motifs is 1. The maximum atomic E-state index is 11.5. The summed E-state index contributed by atoms with van der Waals surface area (Å²) in [4.78, 5) is 15.3. The fraction of sp³-hybridized carbons (Fsp3) is 0.100. The molecule has 1 unspecified atom stereocenters. The Morgan fingerprint density at radius 3 is 2.73 bits per heavy atom. The quantitative estimate of drug-likeness (QED) is 0.428. The molecule has 4 rings (SSSR count). The fourth-order valence-corrected chi connectivity index (χ4v) is 3.46. The summed E-state index contributed by atoms with van der Waals surface area (Å²) in [6.45, 7) is 0. The zero-order valence-corrected chi connectivity index (χ0v) is 14.5. The number of halogens is 1. The summed E-state index contributed by atoms with van der Waals surface area (Å²) in [5.41, 5.74) is 6.66. The van der Waals surface area contributed by atoms with E-state index in [1.807, 2.05) is 42.6 Å². The van der Waals surface area contributed by atoms with Crippen molar-refractivity contribution in [3.63, 3.8) is 0 Å². The smallest absolute Gasteiger partial charge is 0.274 e. The Hall–Kier alpha value is -2.89. The van der Waals surface area contributed by atoms with E-state index in [9.17, 15) is 4.79 Å². The van der Waals surface area contributed by atoms with Gasteiger partial charge in [0.1, 0.15) is 0 Å². The van der Waals surface area contributed by atoms with Gasteiger partial charge in [-0.1, -0.05) is 36.4 Å². The number of hydrogen-bond acceptors (Lipinski definition) is 4. The van der Waals surface area contributed by atoms with Crippen LogP contribution in [0.5, 0.6) is 0 Å². The highest BCUT2D eigenvalue weighted by molar-refractivity contribution is 6.25. The standard InChI is InChI=1S/C20H16ClN3O2/c21-20(15-7-5-13(6-8-15)19(25)24-26)10-9-17-18(11-20)23-16-4-2-1-3-14(16)12-22-17/h1-10,12,23,26H,11H2,(H,24,25). The molecule has 3 N–H and O–H groups in total. The molecule has 0 saturated carbocycles. The molecule has 2 aromatic rings. The number of hydrogen-bond donors (Lipinski definition) is 3. The Labute approximate surface area is 155 Å². The minimum Gasteiger partial charge on any atom is -0.357 e. The van der Waals surface area contributed by atoms with E-state index in [-0.39, 0.29) is 0 Å². The van der Waals surface area contributed by atoms with E-state index in [1.54, 1.807) is 29.7 Å². The minimum atomic E-state index is -0.741. The number of nitrogens with one attached hydrogen (secondary N) is 2. The molecule has 0 bridgehead atoms. The SMILES string of the molecule is O=C(NO)c1ccc(C2(Cl)C=CC3=C(C2)Nc2ccccc2C=N3)cc1. The van der Waals surface area contributed by atoms with Gasteiger partial charge in [0, 0.05) is 35.1 Å². The largest absolute Gasteiger partial charge is 0.357 e. The van der Waals surface area contributed by atoms with E-state index < -0.39 is 10.8 Å². The Morgan fingerprint density at radius 2 is 1.96 bits per heavy atom. The molecule has 130 valence electrons. The second-order valence-electron chi connectivity index (χ2n) is 6.23. The van der Waals surface area contributed by atoms with Crippen LogP contribution in [0.3, 0.4) is 0 Å². The summed E-state index contributed by atoms with van der Waals surface area (Å²) in [6.07, 6.45) is 6.22. The van der Waals surface area contributed by atoms with E-state index in [0.29, 0.717) is 12.0 Å². The van der Waals surface area contributed by atoms with Crippen LogP contribution >= 0.6 is 11.6 Å². The van der Waals surface area contributed by atoms with Crippen LogP contribution < -0.4 is 10.8 Å². The van der Waals surface area contributed by atoms with E-state index in [1.165, 1.54) is 0 Å². The number of rotatable bonds is 2. The first-order valence-corrected chi connectivity index (χ1v) is 8.53. The molecule has 0 fully saturated rings. The fourth-order valence-electron chi connectivity index (χ4n) is 3.13. The lowest BCUT2D eigenvalue weighted by Gasteiger charge is -2.29.